The molecule has 0 aliphatic rings. The topological polar surface area (TPSA) is 29.1 Å². The Morgan fingerprint density at radius 2 is 1.79 bits per heavy atom. The lowest BCUT2D eigenvalue weighted by Gasteiger charge is -2.17. The van der Waals surface area contributed by atoms with Crippen molar-refractivity contribution in [3.05, 3.63) is 65.2 Å². The van der Waals surface area contributed by atoms with Gasteiger partial charge < -0.3 is 5.32 Å². The monoisotopic (exact) mass is 261 g/mol. The molecule has 0 heterocycles. The first-order valence-corrected chi connectivity index (χ1v) is 5.87. The first-order chi connectivity index (χ1) is 9.11. The molecule has 0 amide bonds. The SMILES string of the molecule is CC(Nc1ccc(F)cc1)c1cccc(C=O)c1F. The van der Waals surface area contributed by atoms with E-state index < -0.39 is 5.82 Å². The average molecular weight is 261 g/mol. The summed E-state index contributed by atoms with van der Waals surface area (Å²) >= 11 is 0. The van der Waals surface area contributed by atoms with E-state index in [2.05, 4.69) is 5.32 Å². The van der Waals surface area contributed by atoms with Crippen molar-refractivity contribution in [2.24, 2.45) is 0 Å². The molecule has 0 bridgehead atoms. The number of carbonyl (C=O) groups excluding carboxylic acids is 1. The summed E-state index contributed by atoms with van der Waals surface area (Å²) in [5, 5.41) is 3.05. The summed E-state index contributed by atoms with van der Waals surface area (Å²) in [7, 11) is 0. The van der Waals surface area contributed by atoms with Crippen LogP contribution in [-0.2, 0) is 0 Å². The summed E-state index contributed by atoms with van der Waals surface area (Å²) in [5.41, 5.74) is 1.11. The van der Waals surface area contributed by atoms with Gasteiger partial charge in [-0.25, -0.2) is 8.78 Å². The van der Waals surface area contributed by atoms with Crippen molar-refractivity contribution in [2.45, 2.75) is 13.0 Å². The summed E-state index contributed by atoms with van der Waals surface area (Å²) in [5.74, 6) is -0.855. The van der Waals surface area contributed by atoms with Gasteiger partial charge in [0, 0.05) is 11.3 Å². The lowest BCUT2D eigenvalue weighted by Crippen LogP contribution is -2.09. The highest BCUT2D eigenvalue weighted by molar-refractivity contribution is 5.75. The van der Waals surface area contributed by atoms with Gasteiger partial charge in [-0.05, 0) is 37.3 Å². The van der Waals surface area contributed by atoms with Crippen LogP contribution in [0.15, 0.2) is 42.5 Å². The molecule has 2 aromatic carbocycles. The standard InChI is InChI=1S/C15H13F2NO/c1-10(18-13-7-5-12(16)6-8-13)14-4-2-3-11(9-19)15(14)17/h2-10,18H,1H3. The number of halogens is 2. The quantitative estimate of drug-likeness (QED) is 0.844. The maximum absolute atomic E-state index is 14.0. The maximum Gasteiger partial charge on any atom is 0.153 e. The van der Waals surface area contributed by atoms with Gasteiger partial charge in [0.2, 0.25) is 0 Å². The van der Waals surface area contributed by atoms with E-state index in [-0.39, 0.29) is 17.4 Å². The first kappa shape index (κ1) is 13.2. The zero-order valence-corrected chi connectivity index (χ0v) is 10.4. The van der Waals surface area contributed by atoms with E-state index in [4.69, 9.17) is 0 Å². The number of aldehydes is 1. The van der Waals surface area contributed by atoms with Crippen LogP contribution in [0.3, 0.4) is 0 Å². The molecule has 1 atom stereocenters. The number of nitrogens with one attached hydrogen (secondary N) is 1. The Hall–Kier alpha value is -2.23. The molecule has 0 fully saturated rings. The maximum atomic E-state index is 14.0. The molecule has 19 heavy (non-hydrogen) atoms. The number of rotatable bonds is 4. The Morgan fingerprint density at radius 3 is 2.42 bits per heavy atom. The van der Waals surface area contributed by atoms with E-state index in [0.29, 0.717) is 17.5 Å². The van der Waals surface area contributed by atoms with Crippen molar-refractivity contribution >= 4 is 12.0 Å². The molecule has 0 aliphatic heterocycles. The Labute approximate surface area is 110 Å². The molecule has 0 aliphatic carbocycles. The van der Waals surface area contributed by atoms with Crippen molar-refractivity contribution in [1.82, 2.24) is 0 Å². The van der Waals surface area contributed by atoms with Gasteiger partial charge >= 0.3 is 0 Å². The Bertz CT molecular complexity index is 581. The fraction of sp³-hybridized carbons (Fsp3) is 0.133. The van der Waals surface area contributed by atoms with Crippen LogP contribution in [-0.4, -0.2) is 6.29 Å². The van der Waals surface area contributed by atoms with E-state index in [0.717, 1.165) is 0 Å². The molecule has 0 spiro atoms. The molecule has 2 aromatic rings. The van der Waals surface area contributed by atoms with E-state index in [1.54, 1.807) is 31.2 Å². The summed E-state index contributed by atoms with van der Waals surface area (Å²) in [6, 6.07) is 10.1. The van der Waals surface area contributed by atoms with Crippen LogP contribution in [0.5, 0.6) is 0 Å². The van der Waals surface area contributed by atoms with Gasteiger partial charge in [-0.1, -0.05) is 12.1 Å². The first-order valence-electron chi connectivity index (χ1n) is 5.87. The van der Waals surface area contributed by atoms with Crippen LogP contribution in [0.1, 0.15) is 28.9 Å². The molecule has 0 saturated heterocycles. The minimum atomic E-state index is -0.528. The van der Waals surface area contributed by atoms with Crippen molar-refractivity contribution in [3.63, 3.8) is 0 Å². The van der Waals surface area contributed by atoms with Crippen LogP contribution in [0.25, 0.3) is 0 Å². The lowest BCUT2D eigenvalue weighted by molar-refractivity contribution is 0.111. The number of hydrogen-bond donors (Lipinski definition) is 1. The lowest BCUT2D eigenvalue weighted by atomic mass is 10.0. The molecule has 4 heteroatoms. The second kappa shape index (κ2) is 5.61. The second-order valence-corrected chi connectivity index (χ2v) is 4.24. The normalized spacial score (nSPS) is 11.9. The van der Waals surface area contributed by atoms with Crippen molar-refractivity contribution in [1.29, 1.82) is 0 Å². The summed E-state index contributed by atoms with van der Waals surface area (Å²) in [4.78, 5) is 10.7. The van der Waals surface area contributed by atoms with E-state index in [9.17, 15) is 13.6 Å². The third-order valence-corrected chi connectivity index (χ3v) is 2.88. The minimum absolute atomic E-state index is 0.0326. The van der Waals surface area contributed by atoms with Crippen molar-refractivity contribution in [2.75, 3.05) is 5.32 Å². The van der Waals surface area contributed by atoms with Gasteiger partial charge in [-0.15, -0.1) is 0 Å². The molecule has 1 N–H and O–H groups in total. The Balaban J connectivity index is 2.22. The van der Waals surface area contributed by atoms with E-state index in [1.807, 2.05) is 0 Å². The van der Waals surface area contributed by atoms with Crippen molar-refractivity contribution < 1.29 is 13.6 Å². The van der Waals surface area contributed by atoms with Crippen LogP contribution < -0.4 is 5.32 Å². The fourth-order valence-corrected chi connectivity index (χ4v) is 1.87. The second-order valence-electron chi connectivity index (χ2n) is 4.24. The average Bonchev–Trinajstić information content (AvgIpc) is 2.41. The van der Waals surface area contributed by atoms with E-state index >= 15 is 0 Å². The smallest absolute Gasteiger partial charge is 0.153 e. The summed E-state index contributed by atoms with van der Waals surface area (Å²) in [6.07, 6.45) is 0.490. The molecular weight excluding hydrogens is 248 g/mol. The molecule has 0 saturated carbocycles. The highest BCUT2D eigenvalue weighted by atomic mass is 19.1. The number of benzene rings is 2. The third-order valence-electron chi connectivity index (χ3n) is 2.88. The largest absolute Gasteiger partial charge is 0.378 e. The highest BCUT2D eigenvalue weighted by Gasteiger charge is 2.13. The summed E-state index contributed by atoms with van der Waals surface area (Å²) in [6.45, 7) is 1.77. The van der Waals surface area contributed by atoms with Crippen LogP contribution in [0.2, 0.25) is 0 Å². The van der Waals surface area contributed by atoms with Gasteiger partial charge in [-0.2, -0.15) is 0 Å². The molecule has 0 radical (unpaired) electrons. The number of anilines is 1. The van der Waals surface area contributed by atoms with E-state index in [1.165, 1.54) is 18.2 Å². The molecule has 1 unspecified atom stereocenters. The predicted octanol–water partition coefficient (Wildman–Crippen LogP) is 3.95. The zero-order valence-electron chi connectivity index (χ0n) is 10.4. The molecule has 0 aromatic heterocycles. The van der Waals surface area contributed by atoms with Crippen LogP contribution in [0, 0.1) is 11.6 Å². The Kier molecular flexibility index (Phi) is 3.90. The number of carbonyl (C=O) groups is 1. The van der Waals surface area contributed by atoms with Crippen LogP contribution in [0.4, 0.5) is 14.5 Å². The molecule has 2 nitrogen and oxygen atoms in total. The van der Waals surface area contributed by atoms with Crippen molar-refractivity contribution in [3.8, 4) is 0 Å². The van der Waals surface area contributed by atoms with Gasteiger partial charge in [0.15, 0.2) is 6.29 Å². The highest BCUT2D eigenvalue weighted by Crippen LogP contribution is 2.23. The fourth-order valence-electron chi connectivity index (χ4n) is 1.87. The minimum Gasteiger partial charge on any atom is -0.378 e. The molecule has 98 valence electrons. The summed E-state index contributed by atoms with van der Waals surface area (Å²) < 4.78 is 26.7. The van der Waals surface area contributed by atoms with Gasteiger partial charge in [0.05, 0.1) is 11.6 Å². The van der Waals surface area contributed by atoms with Gasteiger partial charge in [0.25, 0.3) is 0 Å². The third kappa shape index (κ3) is 2.96. The van der Waals surface area contributed by atoms with Crippen LogP contribution >= 0.6 is 0 Å². The number of hydrogen-bond acceptors (Lipinski definition) is 2. The molecule has 2 rings (SSSR count). The zero-order chi connectivity index (χ0) is 13.8. The Morgan fingerprint density at radius 1 is 1.11 bits per heavy atom. The molecular formula is C15H13F2NO. The predicted molar refractivity (Wildman–Crippen MR) is 70.2 cm³/mol. The van der Waals surface area contributed by atoms with Gasteiger partial charge in [0.1, 0.15) is 11.6 Å². The van der Waals surface area contributed by atoms with Gasteiger partial charge in [-0.3, -0.25) is 4.79 Å².